The summed E-state index contributed by atoms with van der Waals surface area (Å²) >= 11 is 9.57. The number of hydrogen-bond donors (Lipinski definition) is 4. The van der Waals surface area contributed by atoms with Crippen LogP contribution >= 0.6 is 36.8 Å². The summed E-state index contributed by atoms with van der Waals surface area (Å²) in [7, 11) is -2.62. The van der Waals surface area contributed by atoms with Crippen molar-refractivity contribution in [2.45, 2.75) is 27.3 Å². The molecule has 5 N–H and O–H groups in total. The van der Waals surface area contributed by atoms with Crippen molar-refractivity contribution in [3.8, 4) is 0 Å². The zero-order valence-corrected chi connectivity index (χ0v) is 24.5. The average molecular weight is 605 g/mol. The van der Waals surface area contributed by atoms with Gasteiger partial charge in [-0.3, -0.25) is 4.79 Å². The molecule has 3 rings (SSSR count). The summed E-state index contributed by atoms with van der Waals surface area (Å²) in [6.07, 6.45) is 1.61. The van der Waals surface area contributed by atoms with E-state index in [1.165, 1.54) is 0 Å². The van der Waals surface area contributed by atoms with Gasteiger partial charge in [0.15, 0.2) is 21.0 Å². The molecule has 9 nitrogen and oxygen atoms in total. The summed E-state index contributed by atoms with van der Waals surface area (Å²) in [5.74, 6) is 0.522. The molecule has 1 heterocycles. The van der Waals surface area contributed by atoms with E-state index in [0.29, 0.717) is 17.2 Å². The second-order valence-corrected chi connectivity index (χ2v) is 9.17. The minimum Gasteiger partial charge on any atom is -0.499 e. The van der Waals surface area contributed by atoms with Gasteiger partial charge in [0.1, 0.15) is 5.76 Å². The summed E-state index contributed by atoms with van der Waals surface area (Å²) in [5.41, 5.74) is 6.17. The number of benzene rings is 2. The number of nitrogens with two attached hydrogens (primary N) is 2. The summed E-state index contributed by atoms with van der Waals surface area (Å²) in [4.78, 5) is 11.4. The van der Waals surface area contributed by atoms with Crippen LogP contribution in [0.15, 0.2) is 83.5 Å². The predicted octanol–water partition coefficient (Wildman–Crippen LogP) is 4.48. The summed E-state index contributed by atoms with van der Waals surface area (Å²) in [6.45, 7) is 5.69. The number of furan rings is 1. The number of halogens is 1. The van der Waals surface area contributed by atoms with Crippen molar-refractivity contribution in [2.75, 3.05) is 6.79 Å². The Balaban J connectivity index is 0. The van der Waals surface area contributed by atoms with Crippen molar-refractivity contribution in [1.82, 2.24) is 0 Å². The SMILES string of the molecule is CC(C)(C)C(=O)OCOC(=S)c1ccccc1.Cl.NCc1ccco1.N[SH](=O)=O.OC(=S)c1ccccc1. The fraction of sp³-hybridized carbons (Fsp3) is 0.240. The fourth-order valence-corrected chi connectivity index (χ4v) is 2.34. The Bertz CT molecular complexity index is 1130. The van der Waals surface area contributed by atoms with Gasteiger partial charge in [-0.2, -0.15) is 0 Å². The Morgan fingerprint density at radius 2 is 1.39 bits per heavy atom. The molecule has 1 aromatic heterocycles. The molecule has 0 aliphatic rings. The third-order valence-corrected chi connectivity index (χ3v) is 4.39. The molecule has 0 spiro atoms. The number of rotatable bonds is 5. The second kappa shape index (κ2) is 21.1. The number of carbonyl (C=O) groups is 1. The average Bonchev–Trinajstić information content (AvgIpc) is 3.39. The van der Waals surface area contributed by atoms with Gasteiger partial charge in [0.05, 0.1) is 18.2 Å². The number of hydrogen-bond acceptors (Lipinski definition) is 9. The lowest BCUT2D eigenvalue weighted by Crippen LogP contribution is -2.24. The van der Waals surface area contributed by atoms with Crippen LogP contribution in [0.5, 0.6) is 0 Å². The molecule has 0 aliphatic carbocycles. The number of carbonyl (C=O) groups excluding carboxylic acids is 1. The molecule has 13 heteroatoms. The molecule has 0 atom stereocenters. The molecule has 2 aromatic carbocycles. The van der Waals surface area contributed by atoms with E-state index >= 15 is 0 Å². The number of esters is 1. The first-order chi connectivity index (χ1) is 17.4. The molecule has 0 radical (unpaired) electrons. The first-order valence-electron chi connectivity index (χ1n) is 10.7. The van der Waals surface area contributed by atoms with E-state index in [-0.39, 0.29) is 30.2 Å². The monoisotopic (exact) mass is 604 g/mol. The molecular weight excluding hydrogens is 572 g/mol. The summed E-state index contributed by atoms with van der Waals surface area (Å²) < 4.78 is 32.6. The molecule has 0 unspecified atom stereocenters. The van der Waals surface area contributed by atoms with Crippen molar-refractivity contribution in [1.29, 1.82) is 0 Å². The molecule has 0 aliphatic heterocycles. The van der Waals surface area contributed by atoms with Crippen LogP contribution in [-0.2, 0) is 31.7 Å². The summed E-state index contributed by atoms with van der Waals surface area (Å²) in [5, 5.41) is 13.1. The number of aliphatic hydroxyl groups is 1. The van der Waals surface area contributed by atoms with Crippen molar-refractivity contribution in [3.05, 3.63) is 95.9 Å². The van der Waals surface area contributed by atoms with Gasteiger partial charge < -0.3 is 24.7 Å². The number of ether oxygens (including phenoxy) is 2. The molecule has 0 bridgehead atoms. The lowest BCUT2D eigenvalue weighted by atomic mass is 9.98. The van der Waals surface area contributed by atoms with Crippen LogP contribution in [0.4, 0.5) is 0 Å². The van der Waals surface area contributed by atoms with Crippen LogP contribution in [0.2, 0.25) is 0 Å². The van der Waals surface area contributed by atoms with Crippen molar-refractivity contribution in [2.24, 2.45) is 16.3 Å². The Morgan fingerprint density at radius 3 is 1.71 bits per heavy atom. The number of thiol groups is 1. The highest BCUT2D eigenvalue weighted by Crippen LogP contribution is 2.15. The van der Waals surface area contributed by atoms with E-state index in [1.54, 1.807) is 39.2 Å². The maximum absolute atomic E-state index is 11.4. The minimum atomic E-state index is -2.62. The molecule has 0 amide bonds. The van der Waals surface area contributed by atoms with Crippen molar-refractivity contribution in [3.63, 3.8) is 0 Å². The van der Waals surface area contributed by atoms with E-state index < -0.39 is 16.3 Å². The van der Waals surface area contributed by atoms with Crippen LogP contribution in [0, 0.1) is 5.41 Å². The van der Waals surface area contributed by atoms with Crippen molar-refractivity contribution >= 4 is 63.8 Å². The third kappa shape index (κ3) is 19.3. The Morgan fingerprint density at radius 1 is 0.921 bits per heavy atom. The molecule has 3 aromatic rings. The lowest BCUT2D eigenvalue weighted by molar-refractivity contribution is -0.160. The second-order valence-electron chi connectivity index (χ2n) is 7.84. The fourth-order valence-electron chi connectivity index (χ4n) is 2.02. The third-order valence-electron chi connectivity index (χ3n) is 3.80. The van der Waals surface area contributed by atoms with Crippen LogP contribution in [-0.4, -0.2) is 36.4 Å². The smallest absolute Gasteiger partial charge is 0.314 e. The number of aliphatic hydroxyl groups excluding tert-OH is 1. The van der Waals surface area contributed by atoms with Gasteiger partial charge in [-0.05, 0) is 57.3 Å². The minimum absolute atomic E-state index is 0. The van der Waals surface area contributed by atoms with Crippen LogP contribution in [0.3, 0.4) is 0 Å². The first-order valence-corrected chi connectivity index (χ1v) is 12.7. The van der Waals surface area contributed by atoms with Gasteiger partial charge in [0, 0.05) is 11.1 Å². The van der Waals surface area contributed by atoms with Gasteiger partial charge in [-0.15, -0.1) is 12.4 Å². The Kier molecular flexibility index (Phi) is 20.7. The van der Waals surface area contributed by atoms with E-state index in [9.17, 15) is 4.79 Å². The van der Waals surface area contributed by atoms with E-state index in [2.05, 4.69) is 17.4 Å². The molecule has 0 saturated carbocycles. The zero-order chi connectivity index (χ0) is 28.3. The van der Waals surface area contributed by atoms with Crippen LogP contribution in [0.1, 0.15) is 37.7 Å². The molecule has 38 heavy (non-hydrogen) atoms. The lowest BCUT2D eigenvalue weighted by Gasteiger charge is -2.16. The summed E-state index contributed by atoms with van der Waals surface area (Å²) in [6, 6.07) is 22.1. The van der Waals surface area contributed by atoms with Crippen molar-refractivity contribution < 1.29 is 32.2 Å². The molecular formula is C25H33ClN2O7S3. The first kappa shape index (κ1) is 37.3. The van der Waals surface area contributed by atoms with Crippen LogP contribution in [0.25, 0.3) is 0 Å². The van der Waals surface area contributed by atoms with Gasteiger partial charge in [0.25, 0.3) is 0 Å². The predicted molar refractivity (Wildman–Crippen MR) is 159 cm³/mol. The maximum Gasteiger partial charge on any atom is 0.314 e. The van der Waals surface area contributed by atoms with Crippen LogP contribution < -0.4 is 10.9 Å². The highest BCUT2D eigenvalue weighted by molar-refractivity contribution is 7.80. The topological polar surface area (TPSA) is 155 Å². The van der Waals surface area contributed by atoms with Gasteiger partial charge in [-0.25, -0.2) is 13.6 Å². The van der Waals surface area contributed by atoms with E-state index in [4.69, 9.17) is 45.4 Å². The van der Waals surface area contributed by atoms with Gasteiger partial charge in [0.2, 0.25) is 6.79 Å². The number of thiocarbonyl (C=S) groups is 2. The highest BCUT2D eigenvalue weighted by Gasteiger charge is 2.23. The van der Waals surface area contributed by atoms with E-state index in [1.807, 2.05) is 60.7 Å². The van der Waals surface area contributed by atoms with Gasteiger partial charge >= 0.3 is 5.97 Å². The molecule has 0 fully saturated rings. The zero-order valence-electron chi connectivity index (χ0n) is 21.1. The Hall–Kier alpha value is -2.87. The highest BCUT2D eigenvalue weighted by atomic mass is 35.5. The van der Waals surface area contributed by atoms with Gasteiger partial charge in [-0.1, -0.05) is 60.7 Å². The maximum atomic E-state index is 11.4. The molecule has 0 saturated heterocycles. The quantitative estimate of drug-likeness (QED) is 0.142. The largest absolute Gasteiger partial charge is 0.499 e. The van der Waals surface area contributed by atoms with E-state index in [0.717, 1.165) is 11.3 Å². The normalized spacial score (nSPS) is 9.53. The standard InChI is InChI=1S/C13H16O3S.C7H6OS.C5H7NO.ClH.H3NO2S/c1-13(2,3)12(14)16-9-15-11(17)10-7-5-4-6-8-10;8-7(9)6-4-2-1-3-5-6;6-4-5-2-1-3-7-5;;1-4(2)3/h4-8H,9H2,1-3H3;1-5H,(H,8,9);1-3H,4,6H2;1H;4H,(H2,1,2,3). The molecule has 210 valence electrons. The Labute approximate surface area is 241 Å².